The summed E-state index contributed by atoms with van der Waals surface area (Å²) in [5.41, 5.74) is 23.6. The van der Waals surface area contributed by atoms with Crippen molar-refractivity contribution in [3.8, 4) is 50.2 Å². The highest BCUT2D eigenvalue weighted by Gasteiger charge is 2.44. The predicted octanol–water partition coefficient (Wildman–Crippen LogP) is 19.0. The Morgan fingerprint density at radius 3 is 1.12 bits per heavy atom. The lowest BCUT2D eigenvalue weighted by atomic mass is 9.33. The summed E-state index contributed by atoms with van der Waals surface area (Å²) < 4.78 is 2.63. The third-order valence-corrected chi connectivity index (χ3v) is 17.5. The normalized spacial score (nSPS) is 12.6. The highest BCUT2D eigenvalue weighted by Crippen LogP contribution is 2.50. The molecule has 0 unspecified atom stereocenters. The van der Waals surface area contributed by atoms with E-state index in [4.69, 9.17) is 0 Å². The van der Waals surface area contributed by atoms with Crippen molar-refractivity contribution in [3.05, 3.63) is 303 Å². The molecule has 3 heterocycles. The number of benzene rings is 14. The van der Waals surface area contributed by atoms with Gasteiger partial charge in [-0.05, 0) is 131 Å². The molecule has 0 aliphatic carbocycles. The average molecular weight is 1040 g/mol. The summed E-state index contributed by atoms with van der Waals surface area (Å²) in [5, 5.41) is 9.89. The molecule has 4 heteroatoms. The maximum atomic E-state index is 2.63. The second-order valence-corrected chi connectivity index (χ2v) is 21.9. The van der Waals surface area contributed by atoms with Crippen molar-refractivity contribution in [2.24, 2.45) is 0 Å². The maximum absolute atomic E-state index is 2.63. The number of nitrogens with zero attached hydrogens (tertiary/aromatic N) is 3. The molecule has 0 saturated heterocycles. The number of hydrogen-bond acceptors (Lipinski definition) is 2. The molecule has 0 saturated carbocycles. The molecule has 0 N–H and O–H groups in total. The van der Waals surface area contributed by atoms with Gasteiger partial charge in [-0.3, -0.25) is 0 Å². The van der Waals surface area contributed by atoms with Gasteiger partial charge in [0.05, 0.1) is 16.7 Å². The van der Waals surface area contributed by atoms with Crippen LogP contribution in [0.4, 0.5) is 34.1 Å². The highest BCUT2D eigenvalue weighted by atomic mass is 15.2. The molecule has 2 aliphatic rings. The zero-order valence-corrected chi connectivity index (χ0v) is 44.8. The third-order valence-electron chi connectivity index (χ3n) is 17.5. The van der Waals surface area contributed by atoms with E-state index in [1.54, 1.807) is 0 Å². The fourth-order valence-electron chi connectivity index (χ4n) is 13.9. The molecule has 0 spiro atoms. The zero-order chi connectivity index (χ0) is 53.8. The second-order valence-electron chi connectivity index (χ2n) is 21.9. The number of rotatable bonds is 7. The number of anilines is 6. The number of aromatic nitrogens is 1. The smallest absolute Gasteiger partial charge is 0.252 e. The van der Waals surface area contributed by atoms with E-state index >= 15 is 0 Å². The summed E-state index contributed by atoms with van der Waals surface area (Å²) in [4.78, 5) is 5.14. The Labute approximate surface area is 476 Å². The van der Waals surface area contributed by atoms with Gasteiger partial charge in [-0.2, -0.15) is 0 Å². The first kappa shape index (κ1) is 46.3. The van der Waals surface area contributed by atoms with E-state index in [-0.39, 0.29) is 6.71 Å². The molecule has 0 atom stereocenters. The van der Waals surface area contributed by atoms with Gasteiger partial charge in [-0.1, -0.05) is 255 Å². The van der Waals surface area contributed by atoms with E-state index in [1.165, 1.54) is 115 Å². The SMILES string of the molecule is c1ccc(-c2ccc(N3c4ccc(-c5ccccc5)cc4B4c5cc(-c6ccccc6)ccc5N(c5ccc(-c6ccccc6)cc5)c5cc(-n6c7c8ccccc8ccc7c7c8ccccc8c8ccccc8c76)cc3c54)cc2)cc1. The predicted molar refractivity (Wildman–Crippen MR) is 349 cm³/mol. The van der Waals surface area contributed by atoms with E-state index < -0.39 is 0 Å². The minimum Gasteiger partial charge on any atom is -0.311 e. The second kappa shape index (κ2) is 18.5. The lowest BCUT2D eigenvalue weighted by molar-refractivity contribution is 1.17. The van der Waals surface area contributed by atoms with Crippen LogP contribution in [0.25, 0.3) is 104 Å². The van der Waals surface area contributed by atoms with E-state index in [1.807, 2.05) is 0 Å². The molecule has 0 amide bonds. The molecule has 0 bridgehead atoms. The Morgan fingerprint density at radius 1 is 0.232 bits per heavy atom. The van der Waals surface area contributed by atoms with Crippen LogP contribution in [0, 0.1) is 0 Å². The monoisotopic (exact) mass is 1040 g/mol. The lowest BCUT2D eigenvalue weighted by Gasteiger charge is -2.44. The highest BCUT2D eigenvalue weighted by molar-refractivity contribution is 7.00. The van der Waals surface area contributed by atoms with Crippen LogP contribution in [-0.4, -0.2) is 11.3 Å². The van der Waals surface area contributed by atoms with Gasteiger partial charge in [-0.25, -0.2) is 0 Å². The zero-order valence-electron chi connectivity index (χ0n) is 44.8. The van der Waals surface area contributed by atoms with E-state index in [9.17, 15) is 0 Å². The first-order valence-corrected chi connectivity index (χ1v) is 28.4. The molecule has 380 valence electrons. The third kappa shape index (κ3) is 7.11. The average Bonchev–Trinajstić information content (AvgIpc) is 3.30. The summed E-state index contributed by atoms with van der Waals surface area (Å²) in [7, 11) is 0. The topological polar surface area (TPSA) is 11.4 Å². The quantitative estimate of drug-likeness (QED) is 0.116. The van der Waals surface area contributed by atoms with Gasteiger partial charge in [0.2, 0.25) is 0 Å². The molecule has 0 radical (unpaired) electrons. The molecule has 2 aliphatic heterocycles. The number of fused-ring (bicyclic) bond motifs is 14. The van der Waals surface area contributed by atoms with Crippen molar-refractivity contribution in [2.75, 3.05) is 9.80 Å². The maximum Gasteiger partial charge on any atom is 0.252 e. The molecule has 3 nitrogen and oxygen atoms in total. The summed E-state index contributed by atoms with van der Waals surface area (Å²) in [6.07, 6.45) is 0. The van der Waals surface area contributed by atoms with Crippen molar-refractivity contribution in [1.82, 2.24) is 4.57 Å². The van der Waals surface area contributed by atoms with Gasteiger partial charge in [0.25, 0.3) is 6.71 Å². The van der Waals surface area contributed by atoms with Gasteiger partial charge in [-0.15, -0.1) is 0 Å². The van der Waals surface area contributed by atoms with Crippen LogP contribution in [0.5, 0.6) is 0 Å². The molecule has 82 heavy (non-hydrogen) atoms. The van der Waals surface area contributed by atoms with Crippen LogP contribution in [0.15, 0.2) is 303 Å². The molecular weight excluding hydrogens is 990 g/mol. The van der Waals surface area contributed by atoms with Crippen LogP contribution < -0.4 is 26.2 Å². The molecule has 17 rings (SSSR count). The Kier molecular flexibility index (Phi) is 10.4. The van der Waals surface area contributed by atoms with Crippen LogP contribution in [0.3, 0.4) is 0 Å². The largest absolute Gasteiger partial charge is 0.311 e. The number of hydrogen-bond donors (Lipinski definition) is 0. The van der Waals surface area contributed by atoms with Crippen LogP contribution in [0.2, 0.25) is 0 Å². The van der Waals surface area contributed by atoms with Crippen molar-refractivity contribution in [3.63, 3.8) is 0 Å². The van der Waals surface area contributed by atoms with Gasteiger partial charge < -0.3 is 14.4 Å². The van der Waals surface area contributed by atoms with Crippen molar-refractivity contribution in [2.45, 2.75) is 0 Å². The summed E-state index contributed by atoms with van der Waals surface area (Å²) >= 11 is 0. The minimum atomic E-state index is -0.139. The van der Waals surface area contributed by atoms with Crippen LogP contribution in [-0.2, 0) is 0 Å². The fraction of sp³-hybridized carbons (Fsp3) is 0. The van der Waals surface area contributed by atoms with Crippen molar-refractivity contribution >= 4 is 111 Å². The molecular formula is C78H50BN3. The standard InChI is InChI=1S/C78H50BN3/c1-5-19-51(20-6-1)55-33-40-60(41-34-55)80-71-45-38-58(53-23-9-3-10-24-53)47-69(71)79-70-48-59(54-25-11-4-12-26-54)39-46-72(70)81(61-42-35-56(36-43-61)52-21-7-2-8-22-52)74-50-62(49-73(80)76(74)79)82-77-63-28-14-13-27-57(63)37-44-68(77)75-66-31-17-15-29-64(66)65-30-16-18-32-67(65)78(75)82/h1-50H. The Balaban J connectivity index is 1.03. The molecule has 0 fully saturated rings. The van der Waals surface area contributed by atoms with Crippen molar-refractivity contribution < 1.29 is 0 Å². The Bertz CT molecular complexity index is 4820. The Morgan fingerprint density at radius 2 is 0.622 bits per heavy atom. The lowest BCUT2D eigenvalue weighted by Crippen LogP contribution is -2.61. The Hall–Kier alpha value is -10.7. The van der Waals surface area contributed by atoms with Gasteiger partial charge >= 0.3 is 0 Å². The first-order valence-electron chi connectivity index (χ1n) is 28.4. The van der Waals surface area contributed by atoms with E-state index in [2.05, 4.69) is 318 Å². The van der Waals surface area contributed by atoms with Crippen molar-refractivity contribution in [1.29, 1.82) is 0 Å². The minimum absolute atomic E-state index is 0.139. The summed E-state index contributed by atoms with van der Waals surface area (Å²) in [5.74, 6) is 0. The molecule has 1 aromatic heterocycles. The van der Waals surface area contributed by atoms with E-state index in [0.717, 1.165) is 39.8 Å². The van der Waals surface area contributed by atoms with Crippen LogP contribution in [0.1, 0.15) is 0 Å². The van der Waals surface area contributed by atoms with Crippen LogP contribution >= 0.6 is 0 Å². The molecule has 14 aromatic carbocycles. The van der Waals surface area contributed by atoms with E-state index in [0.29, 0.717) is 0 Å². The fourth-order valence-corrected chi connectivity index (χ4v) is 13.9. The summed E-state index contributed by atoms with van der Waals surface area (Å²) in [6.45, 7) is -0.139. The first-order chi connectivity index (χ1) is 40.7. The summed E-state index contributed by atoms with van der Waals surface area (Å²) in [6, 6.07) is 113. The molecule has 15 aromatic rings. The van der Waals surface area contributed by atoms with Gasteiger partial charge in [0, 0.05) is 55.7 Å². The van der Waals surface area contributed by atoms with Gasteiger partial charge in [0.1, 0.15) is 0 Å². The van der Waals surface area contributed by atoms with Gasteiger partial charge in [0.15, 0.2) is 0 Å².